The Hall–Kier alpha value is -1.67. The van der Waals surface area contributed by atoms with Crippen molar-refractivity contribution < 1.29 is 33.2 Å². The molecule has 0 aliphatic rings. The number of hydrogen-bond donors (Lipinski definition) is 0. The number of carbonyl (C=O) groups excluding carboxylic acids is 1. The van der Waals surface area contributed by atoms with Crippen LogP contribution in [0.5, 0.6) is 5.75 Å². The third-order valence-electron chi connectivity index (χ3n) is 4.25. The van der Waals surface area contributed by atoms with E-state index in [1.807, 2.05) is 51.1 Å². The molecule has 1 aromatic rings. The van der Waals surface area contributed by atoms with Crippen molar-refractivity contribution in [1.29, 1.82) is 0 Å². The Balaban J connectivity index is 1.76. The molecule has 0 atom stereocenters. The predicted octanol–water partition coefficient (Wildman–Crippen LogP) is 3.11. The average Bonchev–Trinajstić information content (AvgIpc) is 2.73. The lowest BCUT2D eigenvalue weighted by Crippen LogP contribution is -2.27. The quantitative estimate of drug-likeness (QED) is 0.271. The summed E-state index contributed by atoms with van der Waals surface area (Å²) in [6, 6.07) is 9.65. The first-order valence-corrected chi connectivity index (χ1v) is 10.2. The van der Waals surface area contributed by atoms with Crippen LogP contribution < -0.4 is 4.74 Å². The van der Waals surface area contributed by atoms with Gasteiger partial charge in [-0.3, -0.25) is 4.79 Å². The number of ether oxygens (including phenoxy) is 6. The molecule has 7 nitrogen and oxygen atoms in total. The standard InChI is InChI=1S/C22H36O7/c1-4-22(2,3)21(23)29-19-17-27-15-13-25-11-10-24-12-14-26-16-18-28-20-8-6-5-7-9-20/h5-9H,4,10-19H2,1-3H3. The maximum atomic E-state index is 11.8. The Morgan fingerprint density at radius 1 is 0.724 bits per heavy atom. The molecule has 0 amide bonds. The summed E-state index contributed by atoms with van der Waals surface area (Å²) in [6.45, 7) is 10.4. The highest BCUT2D eigenvalue weighted by Gasteiger charge is 2.26. The monoisotopic (exact) mass is 412 g/mol. The van der Waals surface area contributed by atoms with Crippen LogP contribution in [-0.4, -0.2) is 72.0 Å². The molecule has 0 aliphatic carbocycles. The van der Waals surface area contributed by atoms with Gasteiger partial charge in [0.2, 0.25) is 0 Å². The van der Waals surface area contributed by atoms with Crippen LogP contribution in [0, 0.1) is 5.41 Å². The first kappa shape index (κ1) is 25.4. The molecule has 0 spiro atoms. The van der Waals surface area contributed by atoms with Gasteiger partial charge in [-0.15, -0.1) is 0 Å². The Bertz CT molecular complexity index is 519. The van der Waals surface area contributed by atoms with Crippen LogP contribution in [0.2, 0.25) is 0 Å². The summed E-state index contributed by atoms with van der Waals surface area (Å²) in [6.07, 6.45) is 0.747. The van der Waals surface area contributed by atoms with Crippen LogP contribution in [0.25, 0.3) is 0 Å². The minimum Gasteiger partial charge on any atom is -0.491 e. The van der Waals surface area contributed by atoms with Gasteiger partial charge in [0.1, 0.15) is 19.0 Å². The molecule has 0 fully saturated rings. The van der Waals surface area contributed by atoms with Crippen LogP contribution in [0.3, 0.4) is 0 Å². The number of para-hydroxylation sites is 1. The number of carbonyl (C=O) groups is 1. The summed E-state index contributed by atoms with van der Waals surface area (Å²) in [7, 11) is 0. The molecule has 0 unspecified atom stereocenters. The smallest absolute Gasteiger partial charge is 0.311 e. The van der Waals surface area contributed by atoms with Gasteiger partial charge in [0.25, 0.3) is 0 Å². The van der Waals surface area contributed by atoms with Crippen LogP contribution in [0.15, 0.2) is 30.3 Å². The highest BCUT2D eigenvalue weighted by Crippen LogP contribution is 2.21. The normalized spacial score (nSPS) is 11.4. The van der Waals surface area contributed by atoms with Crippen molar-refractivity contribution in [3.63, 3.8) is 0 Å². The minimum atomic E-state index is -0.440. The molecular formula is C22H36O7. The molecule has 0 N–H and O–H groups in total. The van der Waals surface area contributed by atoms with E-state index in [0.717, 1.165) is 12.2 Å². The predicted molar refractivity (Wildman–Crippen MR) is 110 cm³/mol. The third-order valence-corrected chi connectivity index (χ3v) is 4.25. The fraction of sp³-hybridized carbons (Fsp3) is 0.682. The summed E-state index contributed by atoms with van der Waals surface area (Å²) in [5.41, 5.74) is -0.440. The summed E-state index contributed by atoms with van der Waals surface area (Å²) in [5.74, 6) is 0.652. The molecule has 0 bridgehead atoms. The Morgan fingerprint density at radius 3 is 1.66 bits per heavy atom. The zero-order valence-electron chi connectivity index (χ0n) is 18.0. The average molecular weight is 413 g/mol. The molecule has 7 heteroatoms. The summed E-state index contributed by atoms with van der Waals surface area (Å²) in [4.78, 5) is 11.8. The van der Waals surface area contributed by atoms with E-state index in [9.17, 15) is 4.79 Å². The maximum Gasteiger partial charge on any atom is 0.311 e. The van der Waals surface area contributed by atoms with Crippen molar-refractivity contribution in [2.75, 3.05) is 66.1 Å². The van der Waals surface area contributed by atoms with E-state index in [2.05, 4.69) is 0 Å². The van der Waals surface area contributed by atoms with E-state index >= 15 is 0 Å². The molecular weight excluding hydrogens is 376 g/mol. The van der Waals surface area contributed by atoms with Crippen LogP contribution >= 0.6 is 0 Å². The number of hydrogen-bond acceptors (Lipinski definition) is 7. The first-order valence-electron chi connectivity index (χ1n) is 10.2. The lowest BCUT2D eigenvalue weighted by molar-refractivity contribution is -0.155. The molecule has 0 aromatic heterocycles. The van der Waals surface area contributed by atoms with Crippen LogP contribution in [0.4, 0.5) is 0 Å². The molecule has 0 saturated heterocycles. The van der Waals surface area contributed by atoms with E-state index in [0.29, 0.717) is 59.5 Å². The van der Waals surface area contributed by atoms with Gasteiger partial charge in [-0.25, -0.2) is 0 Å². The largest absolute Gasteiger partial charge is 0.491 e. The maximum absolute atomic E-state index is 11.8. The second-order valence-electron chi connectivity index (χ2n) is 6.98. The molecule has 0 radical (unpaired) electrons. The van der Waals surface area contributed by atoms with Crippen molar-refractivity contribution in [1.82, 2.24) is 0 Å². The molecule has 1 aromatic carbocycles. The second-order valence-corrected chi connectivity index (χ2v) is 6.98. The summed E-state index contributed by atoms with van der Waals surface area (Å²) < 4.78 is 32.3. The Morgan fingerprint density at radius 2 is 1.17 bits per heavy atom. The van der Waals surface area contributed by atoms with Gasteiger partial charge in [0, 0.05) is 0 Å². The topological polar surface area (TPSA) is 72.5 Å². The molecule has 29 heavy (non-hydrogen) atoms. The molecule has 1 rings (SSSR count). The van der Waals surface area contributed by atoms with Crippen LogP contribution in [0.1, 0.15) is 27.2 Å². The molecule has 0 saturated carbocycles. The van der Waals surface area contributed by atoms with Gasteiger partial charge in [-0.2, -0.15) is 0 Å². The Kier molecular flexibility index (Phi) is 14.1. The first-order chi connectivity index (χ1) is 14.1. The fourth-order valence-electron chi connectivity index (χ4n) is 2.03. The van der Waals surface area contributed by atoms with Crippen molar-refractivity contribution in [3.8, 4) is 5.75 Å². The van der Waals surface area contributed by atoms with E-state index in [1.165, 1.54) is 0 Å². The van der Waals surface area contributed by atoms with Gasteiger partial charge < -0.3 is 28.4 Å². The lowest BCUT2D eigenvalue weighted by Gasteiger charge is -2.20. The number of esters is 1. The SMILES string of the molecule is CCC(C)(C)C(=O)OCCOCCOCCOCCOCCOc1ccccc1. The zero-order valence-corrected chi connectivity index (χ0v) is 18.0. The molecule has 0 aliphatic heterocycles. The zero-order chi connectivity index (χ0) is 21.2. The highest BCUT2D eigenvalue weighted by atomic mass is 16.6. The number of benzene rings is 1. The number of rotatable bonds is 18. The van der Waals surface area contributed by atoms with Gasteiger partial charge >= 0.3 is 5.97 Å². The summed E-state index contributed by atoms with van der Waals surface area (Å²) in [5, 5.41) is 0. The summed E-state index contributed by atoms with van der Waals surface area (Å²) >= 11 is 0. The van der Waals surface area contributed by atoms with Crippen molar-refractivity contribution in [3.05, 3.63) is 30.3 Å². The van der Waals surface area contributed by atoms with Crippen molar-refractivity contribution in [2.45, 2.75) is 27.2 Å². The van der Waals surface area contributed by atoms with E-state index < -0.39 is 5.41 Å². The second kappa shape index (κ2) is 16.2. The lowest BCUT2D eigenvalue weighted by atomic mass is 9.91. The Labute approximate surface area is 174 Å². The van der Waals surface area contributed by atoms with Gasteiger partial charge in [0.05, 0.1) is 58.3 Å². The highest BCUT2D eigenvalue weighted by molar-refractivity contribution is 5.75. The van der Waals surface area contributed by atoms with Gasteiger partial charge in [-0.05, 0) is 32.4 Å². The minimum absolute atomic E-state index is 0.190. The van der Waals surface area contributed by atoms with Gasteiger partial charge in [0.15, 0.2) is 0 Å². The van der Waals surface area contributed by atoms with Crippen molar-refractivity contribution >= 4 is 5.97 Å². The van der Waals surface area contributed by atoms with Crippen LogP contribution in [-0.2, 0) is 28.5 Å². The van der Waals surface area contributed by atoms with E-state index in [-0.39, 0.29) is 12.6 Å². The molecule has 0 heterocycles. The van der Waals surface area contributed by atoms with Crippen molar-refractivity contribution in [2.24, 2.45) is 5.41 Å². The molecule has 166 valence electrons. The van der Waals surface area contributed by atoms with Gasteiger partial charge in [-0.1, -0.05) is 25.1 Å². The van der Waals surface area contributed by atoms with E-state index in [4.69, 9.17) is 28.4 Å². The fourth-order valence-corrected chi connectivity index (χ4v) is 2.03. The third kappa shape index (κ3) is 13.2. The van der Waals surface area contributed by atoms with E-state index in [1.54, 1.807) is 0 Å².